The molecule has 63 heavy (non-hydrogen) atoms. The second kappa shape index (κ2) is 17.1. The molecule has 1 N–H and O–H groups in total. The zero-order chi connectivity index (χ0) is 45.2. The number of benzene rings is 1. The molecule has 1 heterocycles. The van der Waals surface area contributed by atoms with Crippen molar-refractivity contribution in [3.05, 3.63) is 71.3 Å². The van der Waals surface area contributed by atoms with Crippen LogP contribution in [0.15, 0.2) is 65.8 Å². The number of hydrogen-bond donors (Lipinski definition) is 1. The molecule has 8 rings (SSSR count). The van der Waals surface area contributed by atoms with Crippen molar-refractivity contribution in [3.63, 3.8) is 0 Å². The van der Waals surface area contributed by atoms with E-state index in [0.29, 0.717) is 68.5 Å². The molecule has 5 fully saturated rings. The largest absolute Gasteiger partial charge is 0.465 e. The van der Waals surface area contributed by atoms with Crippen LogP contribution in [0, 0.1) is 56.7 Å². The number of carbonyl (C=O) groups excluding carboxylic acids is 2. The molecule has 1 unspecified atom stereocenters. The number of alkyl halides is 1. The van der Waals surface area contributed by atoms with Crippen molar-refractivity contribution in [3.8, 4) is 0 Å². The Hall–Kier alpha value is -2.82. The number of fused-ring (bicyclic) bond motifs is 7. The van der Waals surface area contributed by atoms with E-state index in [1.54, 1.807) is 6.92 Å². The lowest BCUT2D eigenvalue weighted by Crippen LogP contribution is -2.68. The van der Waals surface area contributed by atoms with Gasteiger partial charge in [-0.25, -0.2) is 12.8 Å². The van der Waals surface area contributed by atoms with Gasteiger partial charge in [-0.3, -0.25) is 14.5 Å². The van der Waals surface area contributed by atoms with Crippen LogP contribution in [0.4, 0.5) is 4.39 Å². The molecule has 0 amide bonds. The van der Waals surface area contributed by atoms with Crippen molar-refractivity contribution in [2.45, 2.75) is 144 Å². The van der Waals surface area contributed by atoms with E-state index >= 15 is 0 Å². The zero-order valence-electron chi connectivity index (χ0n) is 39.5. The fourth-order valence-corrected chi connectivity index (χ4v) is 17.5. The molecule has 0 spiro atoms. The number of esters is 2. The number of nitrogens with zero attached hydrogens (tertiary/aromatic N) is 1. The van der Waals surface area contributed by atoms with Crippen LogP contribution in [-0.4, -0.2) is 81.3 Å². The first kappa shape index (κ1) is 46.7. The van der Waals surface area contributed by atoms with Crippen LogP contribution in [0.2, 0.25) is 0 Å². The fraction of sp³-hybridized carbons (Fsp3) is 0.736. The molecule has 0 aromatic heterocycles. The molecule has 6 aliphatic carbocycles. The van der Waals surface area contributed by atoms with E-state index in [1.807, 2.05) is 35.2 Å². The maximum absolute atomic E-state index is 14.8. The summed E-state index contributed by atoms with van der Waals surface area (Å²) in [4.78, 5) is 28.4. The standard InChI is InChI=1S/C53H77FN2O6S/c1-9-61-46(57)42-34-63(59,60)32-31-56(42)30-29-55-53-26-19-39(36(2)3)45(53)41-15-16-44-49(6)22-20-40(48(4,5)43(49)21-23-51(44,8)50(41,7)27-28-53)38-17-24-52(35-54,25-18-38)47(58)62-33-37-13-11-10-12-14-37/h10-14,17,20,39,41-45,55H,2,9,15-16,18-19,21-35H2,1,3-8H3/t39-,41+,42?,43-,44+,45+,49-,50+,51+,52+,53-/m0/s1. The minimum Gasteiger partial charge on any atom is -0.465 e. The van der Waals surface area contributed by atoms with Crippen molar-refractivity contribution in [2.75, 3.05) is 44.4 Å². The summed E-state index contributed by atoms with van der Waals surface area (Å²) >= 11 is 0. The monoisotopic (exact) mass is 889 g/mol. The van der Waals surface area contributed by atoms with Gasteiger partial charge in [0.05, 0.1) is 23.5 Å². The maximum atomic E-state index is 14.8. The number of ether oxygens (including phenoxy) is 2. The van der Waals surface area contributed by atoms with Gasteiger partial charge in [0.2, 0.25) is 0 Å². The van der Waals surface area contributed by atoms with Crippen molar-refractivity contribution in [1.82, 2.24) is 10.2 Å². The molecule has 1 aliphatic heterocycles. The number of halogens is 1. The third-order valence-electron chi connectivity index (χ3n) is 19.5. The van der Waals surface area contributed by atoms with Crippen molar-refractivity contribution in [2.24, 2.45) is 56.7 Å². The number of carbonyl (C=O) groups is 2. The molecule has 4 saturated carbocycles. The minimum absolute atomic E-state index is 0.00403. The van der Waals surface area contributed by atoms with Gasteiger partial charge >= 0.3 is 11.9 Å². The quantitative estimate of drug-likeness (QED) is 0.164. The average Bonchev–Trinajstić information content (AvgIpc) is 3.64. The first-order valence-corrected chi connectivity index (χ1v) is 26.3. The summed E-state index contributed by atoms with van der Waals surface area (Å²) in [5, 5.41) is 4.16. The van der Waals surface area contributed by atoms with E-state index in [2.05, 4.69) is 65.6 Å². The van der Waals surface area contributed by atoms with Gasteiger partial charge in [-0.05, 0) is 159 Å². The lowest BCUT2D eigenvalue weighted by Gasteiger charge is -2.72. The Bertz CT molecular complexity index is 2100. The van der Waals surface area contributed by atoms with E-state index in [-0.39, 0.29) is 51.9 Å². The minimum atomic E-state index is -3.29. The molecule has 11 atom stereocenters. The topological polar surface area (TPSA) is 102 Å². The van der Waals surface area contributed by atoms with Gasteiger partial charge in [-0.15, -0.1) is 0 Å². The first-order valence-electron chi connectivity index (χ1n) is 24.5. The van der Waals surface area contributed by atoms with Gasteiger partial charge in [0.25, 0.3) is 0 Å². The lowest BCUT2D eigenvalue weighted by molar-refractivity contribution is -0.221. The van der Waals surface area contributed by atoms with E-state index in [4.69, 9.17) is 9.47 Å². The van der Waals surface area contributed by atoms with Crippen molar-refractivity contribution >= 4 is 21.8 Å². The molecule has 348 valence electrons. The summed E-state index contributed by atoms with van der Waals surface area (Å²) in [6.07, 6.45) is 16.8. The van der Waals surface area contributed by atoms with Gasteiger partial charge in [0, 0.05) is 25.2 Å². The van der Waals surface area contributed by atoms with Crippen LogP contribution in [0.5, 0.6) is 0 Å². The number of sulfone groups is 1. The van der Waals surface area contributed by atoms with Crippen LogP contribution in [0.25, 0.3) is 0 Å². The smallest absolute Gasteiger partial charge is 0.324 e. The van der Waals surface area contributed by atoms with E-state index in [1.165, 1.54) is 48.8 Å². The average molecular weight is 889 g/mol. The molecule has 1 aromatic carbocycles. The molecular weight excluding hydrogens is 812 g/mol. The molecule has 7 aliphatic rings. The van der Waals surface area contributed by atoms with Gasteiger partial charge in [0.15, 0.2) is 9.84 Å². The Morgan fingerprint density at radius 2 is 1.67 bits per heavy atom. The van der Waals surface area contributed by atoms with Crippen LogP contribution < -0.4 is 5.32 Å². The predicted molar refractivity (Wildman–Crippen MR) is 248 cm³/mol. The molecule has 1 aromatic rings. The summed E-state index contributed by atoms with van der Waals surface area (Å²) in [5.74, 6) is 1.70. The Morgan fingerprint density at radius 1 is 0.905 bits per heavy atom. The van der Waals surface area contributed by atoms with Crippen molar-refractivity contribution in [1.29, 1.82) is 0 Å². The first-order chi connectivity index (χ1) is 29.8. The van der Waals surface area contributed by atoms with Crippen molar-refractivity contribution < 1.29 is 31.9 Å². The third-order valence-corrected chi connectivity index (χ3v) is 21.1. The normalized spacial score (nSPS) is 40.5. The summed E-state index contributed by atoms with van der Waals surface area (Å²) in [5.41, 5.74) is 4.29. The Labute approximate surface area is 378 Å². The highest BCUT2D eigenvalue weighted by Crippen LogP contribution is 2.76. The number of hydrogen-bond acceptors (Lipinski definition) is 8. The number of rotatable bonds is 12. The predicted octanol–water partition coefficient (Wildman–Crippen LogP) is 9.99. The number of allylic oxidation sites excluding steroid dienone is 5. The Kier molecular flexibility index (Phi) is 12.7. The van der Waals surface area contributed by atoms with Crippen LogP contribution in [0.3, 0.4) is 0 Å². The molecule has 1 saturated heterocycles. The summed E-state index contributed by atoms with van der Waals surface area (Å²) in [6.45, 7) is 22.9. The molecular formula is C53H77FN2O6S. The number of nitrogens with one attached hydrogen (secondary N) is 1. The van der Waals surface area contributed by atoms with Gasteiger partial charge < -0.3 is 14.8 Å². The highest BCUT2D eigenvalue weighted by atomic mass is 32.2. The fourth-order valence-electron chi connectivity index (χ4n) is 16.0. The second-order valence-electron chi connectivity index (χ2n) is 22.6. The molecule has 10 heteroatoms. The Balaban J connectivity index is 0.993. The third kappa shape index (κ3) is 7.83. The maximum Gasteiger partial charge on any atom is 0.324 e. The lowest BCUT2D eigenvalue weighted by atomic mass is 9.33. The van der Waals surface area contributed by atoms with Crippen LogP contribution >= 0.6 is 0 Å². The van der Waals surface area contributed by atoms with E-state index in [9.17, 15) is 22.4 Å². The summed E-state index contributed by atoms with van der Waals surface area (Å²) < 4.78 is 51.1. The van der Waals surface area contributed by atoms with Crippen LogP contribution in [0.1, 0.15) is 131 Å². The molecule has 0 radical (unpaired) electrons. The van der Waals surface area contributed by atoms with Gasteiger partial charge in [-0.1, -0.05) is 89.3 Å². The zero-order valence-corrected chi connectivity index (χ0v) is 40.4. The molecule has 8 nitrogen and oxygen atoms in total. The van der Waals surface area contributed by atoms with Gasteiger partial charge in [0.1, 0.15) is 19.3 Å². The molecule has 0 bridgehead atoms. The Morgan fingerprint density at radius 3 is 2.35 bits per heavy atom. The second-order valence-corrected chi connectivity index (χ2v) is 24.9. The van der Waals surface area contributed by atoms with E-state index < -0.39 is 39.9 Å². The summed E-state index contributed by atoms with van der Waals surface area (Å²) in [6, 6.07) is 8.89. The van der Waals surface area contributed by atoms with E-state index in [0.717, 1.165) is 31.2 Å². The SMILES string of the molecule is C=C(C)[C@@H]1CC[C@]2(NCCN3CCS(=O)(=O)CC3C(=O)OCC)CC[C@]3(C)[C@H](CC[C@@H]4[C@@]5(C)CC=C(C6=CC[C@@](CF)(C(=O)OCc7ccccc7)CC6)C(C)(C)[C@@H]5CC[C@]43C)[C@@H]12. The highest BCUT2D eigenvalue weighted by Gasteiger charge is 2.70. The van der Waals surface area contributed by atoms with Gasteiger partial charge in [-0.2, -0.15) is 0 Å². The summed E-state index contributed by atoms with van der Waals surface area (Å²) in [7, 11) is -3.29. The van der Waals surface area contributed by atoms with Crippen LogP contribution in [-0.2, 0) is 35.5 Å². The highest BCUT2D eigenvalue weighted by molar-refractivity contribution is 7.91.